The first-order valence-corrected chi connectivity index (χ1v) is 6.59. The molecule has 0 aliphatic rings. The average molecular weight is 290 g/mol. The number of nitrogens with one attached hydrogen (secondary N) is 1. The molecule has 1 aromatic carbocycles. The van der Waals surface area contributed by atoms with E-state index in [1.165, 1.54) is 30.0 Å². The molecule has 0 unspecified atom stereocenters. The lowest BCUT2D eigenvalue weighted by atomic mass is 10.2. The van der Waals surface area contributed by atoms with Gasteiger partial charge in [0.1, 0.15) is 0 Å². The number of benzene rings is 1. The highest BCUT2D eigenvalue weighted by Crippen LogP contribution is 2.20. The van der Waals surface area contributed by atoms with E-state index >= 15 is 0 Å². The quantitative estimate of drug-likeness (QED) is 0.694. The molecule has 0 aliphatic heterocycles. The SMILES string of the molecule is O=C(CSCCO)Nc1ccc(Cl)c(C(=O)O)c1. The number of hydrogen-bond acceptors (Lipinski definition) is 4. The fourth-order valence-electron chi connectivity index (χ4n) is 1.19. The molecule has 5 nitrogen and oxygen atoms in total. The predicted molar refractivity (Wildman–Crippen MR) is 71.5 cm³/mol. The minimum atomic E-state index is -1.15. The van der Waals surface area contributed by atoms with Crippen LogP contribution in [-0.4, -0.2) is 40.2 Å². The molecule has 0 heterocycles. The second-order valence-corrected chi connectivity index (χ2v) is 4.84. The monoisotopic (exact) mass is 289 g/mol. The van der Waals surface area contributed by atoms with Crippen molar-refractivity contribution < 1.29 is 19.8 Å². The Bertz CT molecular complexity index is 453. The molecule has 0 saturated heterocycles. The van der Waals surface area contributed by atoms with Crippen LogP contribution in [0.25, 0.3) is 0 Å². The number of hydrogen-bond donors (Lipinski definition) is 3. The van der Waals surface area contributed by atoms with Gasteiger partial charge in [0, 0.05) is 11.4 Å². The van der Waals surface area contributed by atoms with Crippen LogP contribution in [0.2, 0.25) is 5.02 Å². The molecular formula is C11H12ClNO4S. The van der Waals surface area contributed by atoms with Gasteiger partial charge >= 0.3 is 5.97 Å². The number of aliphatic hydroxyl groups excluding tert-OH is 1. The van der Waals surface area contributed by atoms with Crippen molar-refractivity contribution in [2.45, 2.75) is 0 Å². The first-order chi connectivity index (χ1) is 8.54. The van der Waals surface area contributed by atoms with Gasteiger partial charge in [-0.1, -0.05) is 11.6 Å². The molecule has 0 radical (unpaired) electrons. The lowest BCUT2D eigenvalue weighted by Gasteiger charge is -2.06. The van der Waals surface area contributed by atoms with Gasteiger partial charge in [0.25, 0.3) is 0 Å². The minimum absolute atomic E-state index is 0.0159. The Morgan fingerprint density at radius 2 is 2.11 bits per heavy atom. The van der Waals surface area contributed by atoms with E-state index in [2.05, 4.69) is 5.32 Å². The van der Waals surface area contributed by atoms with E-state index in [1.54, 1.807) is 0 Å². The lowest BCUT2D eigenvalue weighted by molar-refractivity contribution is -0.113. The summed E-state index contributed by atoms with van der Waals surface area (Å²) in [5, 5.41) is 20.1. The highest BCUT2D eigenvalue weighted by molar-refractivity contribution is 7.99. The fraction of sp³-hybridized carbons (Fsp3) is 0.273. The zero-order valence-corrected chi connectivity index (χ0v) is 10.9. The smallest absolute Gasteiger partial charge is 0.337 e. The van der Waals surface area contributed by atoms with Crippen molar-refractivity contribution in [3.63, 3.8) is 0 Å². The number of carboxylic acid groups (broad SMARTS) is 1. The molecule has 1 rings (SSSR count). The van der Waals surface area contributed by atoms with E-state index in [0.717, 1.165) is 0 Å². The van der Waals surface area contributed by atoms with Gasteiger partial charge in [-0.15, -0.1) is 11.8 Å². The maximum absolute atomic E-state index is 11.5. The van der Waals surface area contributed by atoms with E-state index < -0.39 is 5.97 Å². The van der Waals surface area contributed by atoms with Crippen LogP contribution >= 0.6 is 23.4 Å². The van der Waals surface area contributed by atoms with Gasteiger partial charge in [-0.05, 0) is 18.2 Å². The van der Waals surface area contributed by atoms with Gasteiger partial charge in [-0.2, -0.15) is 0 Å². The van der Waals surface area contributed by atoms with Crippen molar-refractivity contribution in [2.75, 3.05) is 23.4 Å². The van der Waals surface area contributed by atoms with Crippen LogP contribution in [0, 0.1) is 0 Å². The summed E-state index contributed by atoms with van der Waals surface area (Å²) in [6.45, 7) is 0.0159. The van der Waals surface area contributed by atoms with Gasteiger partial charge in [-0.25, -0.2) is 4.79 Å². The van der Waals surface area contributed by atoms with Crippen LogP contribution in [-0.2, 0) is 4.79 Å². The molecule has 1 amide bonds. The summed E-state index contributed by atoms with van der Waals surface area (Å²) in [6, 6.07) is 4.25. The molecule has 0 atom stereocenters. The van der Waals surface area contributed by atoms with Crippen LogP contribution in [0.1, 0.15) is 10.4 Å². The van der Waals surface area contributed by atoms with Gasteiger partial charge < -0.3 is 15.5 Å². The number of carbonyl (C=O) groups excluding carboxylic acids is 1. The van der Waals surface area contributed by atoms with Crippen molar-refractivity contribution in [1.82, 2.24) is 0 Å². The lowest BCUT2D eigenvalue weighted by Crippen LogP contribution is -2.15. The van der Waals surface area contributed by atoms with E-state index in [1.807, 2.05) is 0 Å². The number of aliphatic hydroxyl groups is 1. The van der Waals surface area contributed by atoms with Crippen LogP contribution in [0.3, 0.4) is 0 Å². The molecule has 0 aromatic heterocycles. The third kappa shape index (κ3) is 4.56. The van der Waals surface area contributed by atoms with E-state index in [-0.39, 0.29) is 28.9 Å². The molecule has 0 saturated carbocycles. The average Bonchev–Trinajstić information content (AvgIpc) is 2.31. The topological polar surface area (TPSA) is 86.6 Å². The first-order valence-electron chi connectivity index (χ1n) is 5.06. The number of carboxylic acids is 1. The zero-order chi connectivity index (χ0) is 13.5. The molecule has 0 fully saturated rings. The molecule has 98 valence electrons. The minimum Gasteiger partial charge on any atom is -0.478 e. The van der Waals surface area contributed by atoms with E-state index in [4.69, 9.17) is 21.8 Å². The van der Waals surface area contributed by atoms with Crippen LogP contribution in [0.15, 0.2) is 18.2 Å². The number of anilines is 1. The summed E-state index contributed by atoms with van der Waals surface area (Å²) in [7, 11) is 0. The summed E-state index contributed by atoms with van der Waals surface area (Å²) in [5.41, 5.74) is 0.323. The molecule has 7 heteroatoms. The Morgan fingerprint density at radius 1 is 1.39 bits per heavy atom. The van der Waals surface area contributed by atoms with Gasteiger partial charge in [0.2, 0.25) is 5.91 Å². The summed E-state index contributed by atoms with van der Waals surface area (Å²) >= 11 is 6.99. The van der Waals surface area contributed by atoms with Crippen LogP contribution in [0.4, 0.5) is 5.69 Å². The molecule has 1 aromatic rings. The number of aromatic carboxylic acids is 1. The van der Waals surface area contributed by atoms with Crippen molar-refractivity contribution in [1.29, 1.82) is 0 Å². The molecule has 0 aliphatic carbocycles. The number of rotatable bonds is 6. The van der Waals surface area contributed by atoms with Crippen molar-refractivity contribution in [3.8, 4) is 0 Å². The van der Waals surface area contributed by atoms with Gasteiger partial charge in [-0.3, -0.25) is 4.79 Å². The summed E-state index contributed by atoms with van der Waals surface area (Å²) in [4.78, 5) is 22.3. The molecule has 3 N–H and O–H groups in total. The summed E-state index contributed by atoms with van der Waals surface area (Å²) < 4.78 is 0. The first kappa shape index (κ1) is 14.8. The third-order valence-corrected chi connectivity index (χ3v) is 3.22. The van der Waals surface area contributed by atoms with Gasteiger partial charge in [0.05, 0.1) is 22.9 Å². The van der Waals surface area contributed by atoms with Crippen molar-refractivity contribution >= 4 is 40.9 Å². The predicted octanol–water partition coefficient (Wildman–Crippen LogP) is 1.70. The standard InChI is InChI=1S/C11H12ClNO4S/c12-9-2-1-7(5-8(9)11(16)17)13-10(15)6-18-4-3-14/h1-2,5,14H,3-4,6H2,(H,13,15)(H,16,17). The van der Waals surface area contributed by atoms with Crippen LogP contribution < -0.4 is 5.32 Å². The fourth-order valence-corrected chi connectivity index (χ4v) is 1.92. The number of carbonyl (C=O) groups is 2. The van der Waals surface area contributed by atoms with Crippen molar-refractivity contribution in [2.24, 2.45) is 0 Å². The Labute approximate surface area is 113 Å². The van der Waals surface area contributed by atoms with E-state index in [9.17, 15) is 9.59 Å². The van der Waals surface area contributed by atoms with Gasteiger partial charge in [0.15, 0.2) is 0 Å². The molecule has 18 heavy (non-hydrogen) atoms. The highest BCUT2D eigenvalue weighted by atomic mass is 35.5. The molecule has 0 spiro atoms. The Kier molecular flexibility index (Phi) is 5.97. The third-order valence-electron chi connectivity index (χ3n) is 1.95. The highest BCUT2D eigenvalue weighted by Gasteiger charge is 2.10. The molecule has 0 bridgehead atoms. The zero-order valence-electron chi connectivity index (χ0n) is 9.35. The second kappa shape index (κ2) is 7.25. The number of amides is 1. The Hall–Kier alpha value is -1.24. The second-order valence-electron chi connectivity index (χ2n) is 3.32. The largest absolute Gasteiger partial charge is 0.478 e. The Morgan fingerprint density at radius 3 is 2.72 bits per heavy atom. The summed E-state index contributed by atoms with van der Waals surface area (Å²) in [5.74, 6) is -0.724. The van der Waals surface area contributed by atoms with Crippen molar-refractivity contribution in [3.05, 3.63) is 28.8 Å². The maximum Gasteiger partial charge on any atom is 0.337 e. The Balaban J connectivity index is 2.65. The van der Waals surface area contributed by atoms with Crippen LogP contribution in [0.5, 0.6) is 0 Å². The maximum atomic E-state index is 11.5. The number of halogens is 1. The number of thioether (sulfide) groups is 1. The summed E-state index contributed by atoms with van der Waals surface area (Å²) in [6.07, 6.45) is 0. The molecular weight excluding hydrogens is 278 g/mol. The normalized spacial score (nSPS) is 10.1. The van der Waals surface area contributed by atoms with E-state index in [0.29, 0.717) is 11.4 Å².